The smallest absolute Gasteiger partial charge is 0.245 e. The van der Waals surface area contributed by atoms with E-state index in [1.54, 1.807) is 0 Å². The fourth-order valence-electron chi connectivity index (χ4n) is 0.500. The Morgan fingerprint density at radius 3 is 1.15 bits per heavy atom. The van der Waals surface area contributed by atoms with E-state index >= 15 is 0 Å². The van der Waals surface area contributed by atoms with Crippen LogP contribution in [0.2, 0.25) is 0 Å². The molecule has 0 fully saturated rings. The second-order valence-electron chi connectivity index (χ2n) is 2.28. The van der Waals surface area contributed by atoms with E-state index in [2.05, 4.69) is 40.9 Å². The summed E-state index contributed by atoms with van der Waals surface area (Å²) in [5.74, 6) is 0. The van der Waals surface area contributed by atoms with Crippen LogP contribution in [-0.4, -0.2) is 0 Å². The summed E-state index contributed by atoms with van der Waals surface area (Å²) in [5.41, 5.74) is 0. The predicted octanol–water partition coefficient (Wildman–Crippen LogP) is 4.60. The molecule has 0 atom stereocenters. The molecule has 82 valence electrons. The maximum absolute atomic E-state index is 3.25. The van der Waals surface area contributed by atoms with E-state index in [-0.39, 0.29) is 16.5 Å². The summed E-state index contributed by atoms with van der Waals surface area (Å²) in [4.78, 5) is 0. The van der Waals surface area contributed by atoms with Crippen LogP contribution in [0.3, 0.4) is 0 Å². The molecular weight excluding hydrogens is 203 g/mol. The molecule has 0 amide bonds. The predicted molar refractivity (Wildman–Crippen MR) is 60.9 cm³/mol. The molecule has 0 unspecified atom stereocenters. The standard InChI is InChI=1S/C6H14.2C3H5.Ni/c1-3-5-6-4-2;2*1-3-2;/h3-6H2,1-2H3;2*3H,1-2H2;/q;2*-1;+2. The zero-order chi connectivity index (χ0) is 10.2. The average molecular weight is 227 g/mol. The van der Waals surface area contributed by atoms with Gasteiger partial charge in [-0.15, -0.1) is 0 Å². The van der Waals surface area contributed by atoms with E-state index in [0.29, 0.717) is 0 Å². The van der Waals surface area contributed by atoms with Gasteiger partial charge in [-0.3, -0.25) is 0 Å². The van der Waals surface area contributed by atoms with Gasteiger partial charge in [-0.05, 0) is 0 Å². The first kappa shape index (κ1) is 23.0. The van der Waals surface area contributed by atoms with E-state index in [0.717, 1.165) is 0 Å². The summed E-state index contributed by atoms with van der Waals surface area (Å²) in [7, 11) is 0. The van der Waals surface area contributed by atoms with E-state index in [1.165, 1.54) is 37.8 Å². The molecule has 0 bridgehead atoms. The van der Waals surface area contributed by atoms with Crippen molar-refractivity contribution >= 4 is 0 Å². The van der Waals surface area contributed by atoms with Gasteiger partial charge in [0, 0.05) is 0 Å². The Morgan fingerprint density at radius 1 is 0.923 bits per heavy atom. The van der Waals surface area contributed by atoms with Gasteiger partial charge in [0.05, 0.1) is 0 Å². The zero-order valence-corrected chi connectivity index (χ0v) is 10.1. The molecule has 0 aromatic rings. The number of rotatable bonds is 3. The second kappa shape index (κ2) is 41.2. The van der Waals surface area contributed by atoms with E-state index < -0.39 is 0 Å². The minimum atomic E-state index is 0. The molecule has 0 heterocycles. The molecule has 0 aromatic heterocycles. The Bertz CT molecular complexity index is 57.5. The normalized spacial score (nSPS) is 6.00. The Hall–Kier alpha value is -0.286. The number of hydrogen-bond acceptors (Lipinski definition) is 0. The van der Waals surface area contributed by atoms with Crippen LogP contribution < -0.4 is 0 Å². The van der Waals surface area contributed by atoms with Gasteiger partial charge in [0.1, 0.15) is 0 Å². The van der Waals surface area contributed by atoms with Gasteiger partial charge < -0.3 is 0 Å². The van der Waals surface area contributed by atoms with Crippen molar-refractivity contribution in [1.29, 1.82) is 0 Å². The third-order valence-corrected chi connectivity index (χ3v) is 0.957. The largest absolute Gasteiger partial charge is 2.00 e. The monoisotopic (exact) mass is 226 g/mol. The average Bonchev–Trinajstić information content (AvgIpc) is 2.04. The SMILES string of the molecule is C=C[CH2-].C=C[CH2-].CCCCCC.[Ni+2]. The summed E-state index contributed by atoms with van der Waals surface area (Å²) in [6.45, 7) is 17.5. The third-order valence-electron chi connectivity index (χ3n) is 0.957. The Morgan fingerprint density at radius 2 is 1.08 bits per heavy atom. The van der Waals surface area contributed by atoms with Crippen molar-refractivity contribution in [2.24, 2.45) is 0 Å². The van der Waals surface area contributed by atoms with Crippen LogP contribution in [-0.2, 0) is 16.5 Å². The van der Waals surface area contributed by atoms with Crippen LogP contribution in [0.1, 0.15) is 39.5 Å². The van der Waals surface area contributed by atoms with Gasteiger partial charge in [0.15, 0.2) is 0 Å². The molecular formula is C12H24Ni. The second-order valence-corrected chi connectivity index (χ2v) is 2.28. The quantitative estimate of drug-likeness (QED) is 0.375. The molecule has 0 aromatic carbocycles. The van der Waals surface area contributed by atoms with Gasteiger partial charge in [-0.2, -0.15) is 0 Å². The summed E-state index contributed by atoms with van der Waals surface area (Å²) < 4.78 is 0. The van der Waals surface area contributed by atoms with Crippen molar-refractivity contribution in [1.82, 2.24) is 0 Å². The van der Waals surface area contributed by atoms with Gasteiger partial charge in [-0.25, -0.2) is 39.2 Å². The van der Waals surface area contributed by atoms with Gasteiger partial charge in [-0.1, -0.05) is 39.5 Å². The minimum absolute atomic E-state index is 0. The van der Waals surface area contributed by atoms with Gasteiger partial charge >= 0.3 is 16.5 Å². The maximum atomic E-state index is 3.25. The molecule has 0 saturated carbocycles. The molecule has 0 saturated heterocycles. The molecule has 0 nitrogen and oxygen atoms in total. The third kappa shape index (κ3) is 150. The molecule has 0 N–H and O–H groups in total. The van der Waals surface area contributed by atoms with Crippen LogP contribution in [0.25, 0.3) is 0 Å². The summed E-state index contributed by atoms with van der Waals surface area (Å²) in [6, 6.07) is 0. The van der Waals surface area contributed by atoms with Crippen LogP contribution >= 0.6 is 0 Å². The number of unbranched alkanes of at least 4 members (excludes halogenated alkanes) is 3. The topological polar surface area (TPSA) is 0 Å². The van der Waals surface area contributed by atoms with Crippen molar-refractivity contribution in [3.8, 4) is 0 Å². The molecule has 0 aliphatic heterocycles. The first-order chi connectivity index (χ1) is 5.74. The first-order valence-electron chi connectivity index (χ1n) is 4.55. The molecule has 0 radical (unpaired) electrons. The number of allylic oxidation sites excluding steroid dienone is 2. The van der Waals surface area contributed by atoms with Crippen molar-refractivity contribution in [3.05, 3.63) is 39.2 Å². The molecule has 0 rings (SSSR count). The van der Waals surface area contributed by atoms with Crippen molar-refractivity contribution < 1.29 is 16.5 Å². The van der Waals surface area contributed by atoms with E-state index in [9.17, 15) is 0 Å². The Labute approximate surface area is 95.4 Å². The van der Waals surface area contributed by atoms with Crippen LogP contribution in [0, 0.1) is 13.8 Å². The molecule has 0 spiro atoms. The fourth-order valence-corrected chi connectivity index (χ4v) is 0.500. The van der Waals surface area contributed by atoms with Crippen molar-refractivity contribution in [3.63, 3.8) is 0 Å². The molecule has 1 heteroatoms. The zero-order valence-electron chi connectivity index (χ0n) is 9.13. The summed E-state index contributed by atoms with van der Waals surface area (Å²) >= 11 is 0. The van der Waals surface area contributed by atoms with Crippen LogP contribution in [0.4, 0.5) is 0 Å². The van der Waals surface area contributed by atoms with Gasteiger partial charge in [0.25, 0.3) is 0 Å². The van der Waals surface area contributed by atoms with Crippen molar-refractivity contribution in [2.75, 3.05) is 0 Å². The molecule has 13 heavy (non-hydrogen) atoms. The summed E-state index contributed by atoms with van der Waals surface area (Å²) in [5, 5.41) is 0. The van der Waals surface area contributed by atoms with Crippen molar-refractivity contribution in [2.45, 2.75) is 39.5 Å². The Kier molecular flexibility index (Phi) is 72.8. The Balaban J connectivity index is -0.0000000501. The number of hydrogen-bond donors (Lipinski definition) is 0. The maximum Gasteiger partial charge on any atom is 2.00 e. The van der Waals surface area contributed by atoms with E-state index in [4.69, 9.17) is 0 Å². The molecule has 0 aliphatic carbocycles. The first-order valence-corrected chi connectivity index (χ1v) is 4.55. The van der Waals surface area contributed by atoms with Gasteiger partial charge in [0.2, 0.25) is 0 Å². The fraction of sp³-hybridized carbons (Fsp3) is 0.500. The van der Waals surface area contributed by atoms with Crippen LogP contribution in [0.5, 0.6) is 0 Å². The van der Waals surface area contributed by atoms with E-state index in [1.807, 2.05) is 0 Å². The minimum Gasteiger partial charge on any atom is -0.245 e. The molecule has 0 aliphatic rings. The summed E-state index contributed by atoms with van der Waals surface area (Å²) in [6.07, 6.45) is 8.54. The van der Waals surface area contributed by atoms with Crippen LogP contribution in [0.15, 0.2) is 25.3 Å².